The van der Waals surface area contributed by atoms with Crippen LogP contribution in [-0.2, 0) is 9.47 Å². The number of carbonyl (C=O) groups is 1. The van der Waals surface area contributed by atoms with Crippen LogP contribution in [0, 0.1) is 0 Å². The van der Waals surface area contributed by atoms with Gasteiger partial charge in [0.1, 0.15) is 0 Å². The van der Waals surface area contributed by atoms with Crippen LogP contribution in [0.3, 0.4) is 0 Å². The molecule has 1 aromatic heterocycles. The first kappa shape index (κ1) is 16.9. The number of nitrogens with one attached hydrogen (secondary N) is 1. The Hall–Kier alpha value is -0.950. The lowest BCUT2D eigenvalue weighted by molar-refractivity contribution is -0.00656. The molecular formula is C17H26N2O3S. The summed E-state index contributed by atoms with van der Waals surface area (Å²) in [4.78, 5) is 16.7. The van der Waals surface area contributed by atoms with Gasteiger partial charge in [-0.15, -0.1) is 11.3 Å². The number of likely N-dealkylation sites (N-methyl/N-ethyl adjacent to an activating group) is 1. The molecule has 5 nitrogen and oxygen atoms in total. The molecule has 2 aliphatic rings. The van der Waals surface area contributed by atoms with Crippen LogP contribution in [0.1, 0.15) is 46.3 Å². The second-order valence-corrected chi connectivity index (χ2v) is 7.73. The normalized spacial score (nSPS) is 24.0. The molecule has 1 aromatic rings. The molecule has 2 saturated heterocycles. The fraction of sp³-hybridized carbons (Fsp3) is 0.706. The Morgan fingerprint density at radius 1 is 1.35 bits per heavy atom. The fourth-order valence-electron chi connectivity index (χ4n) is 3.32. The van der Waals surface area contributed by atoms with Crippen molar-refractivity contribution in [1.82, 2.24) is 10.2 Å². The SMILES string of the molecule is CN(C)C1(CNC(=O)c2ccc([C@H]3CCCO3)s2)CCOCC1. The monoisotopic (exact) mass is 338 g/mol. The Balaban J connectivity index is 1.60. The topological polar surface area (TPSA) is 50.8 Å². The van der Waals surface area contributed by atoms with Crippen molar-refractivity contribution < 1.29 is 14.3 Å². The number of ether oxygens (including phenoxy) is 2. The maximum absolute atomic E-state index is 12.5. The average molecular weight is 338 g/mol. The molecule has 3 heterocycles. The molecule has 1 N–H and O–H groups in total. The second kappa shape index (κ2) is 7.30. The van der Waals surface area contributed by atoms with Crippen LogP contribution in [0.2, 0.25) is 0 Å². The first-order chi connectivity index (χ1) is 11.1. The van der Waals surface area contributed by atoms with E-state index in [1.807, 2.05) is 12.1 Å². The van der Waals surface area contributed by atoms with Crippen molar-refractivity contribution in [3.8, 4) is 0 Å². The lowest BCUT2D eigenvalue weighted by atomic mass is 9.88. The number of hydrogen-bond acceptors (Lipinski definition) is 5. The summed E-state index contributed by atoms with van der Waals surface area (Å²) >= 11 is 1.56. The summed E-state index contributed by atoms with van der Waals surface area (Å²) in [7, 11) is 4.16. The molecule has 1 atom stereocenters. The molecule has 2 fully saturated rings. The number of rotatable bonds is 5. The van der Waals surface area contributed by atoms with E-state index in [0.717, 1.165) is 50.4 Å². The lowest BCUT2D eigenvalue weighted by Crippen LogP contribution is -2.55. The Bertz CT molecular complexity index is 532. The van der Waals surface area contributed by atoms with Crippen LogP contribution in [0.25, 0.3) is 0 Å². The first-order valence-corrected chi connectivity index (χ1v) is 9.17. The molecular weight excluding hydrogens is 312 g/mol. The highest BCUT2D eigenvalue weighted by Gasteiger charge is 2.35. The molecule has 0 saturated carbocycles. The molecule has 0 radical (unpaired) electrons. The molecule has 1 amide bonds. The van der Waals surface area contributed by atoms with Crippen molar-refractivity contribution in [1.29, 1.82) is 0 Å². The zero-order valence-corrected chi connectivity index (χ0v) is 14.8. The molecule has 128 valence electrons. The molecule has 2 aliphatic heterocycles. The number of amides is 1. The van der Waals surface area contributed by atoms with Crippen LogP contribution in [-0.4, -0.2) is 56.8 Å². The van der Waals surface area contributed by atoms with Crippen LogP contribution < -0.4 is 5.32 Å². The smallest absolute Gasteiger partial charge is 0.261 e. The summed E-state index contributed by atoms with van der Waals surface area (Å²) in [5.74, 6) is 0.0203. The standard InChI is InChI=1S/C17H26N2O3S/c1-19(2)17(7-10-21-11-8-17)12-18-16(20)15-6-5-14(23-15)13-4-3-9-22-13/h5-6,13H,3-4,7-12H2,1-2H3,(H,18,20)/t13-/m1/s1. The molecule has 0 unspecified atom stereocenters. The summed E-state index contributed by atoms with van der Waals surface area (Å²) in [6, 6.07) is 3.95. The summed E-state index contributed by atoms with van der Waals surface area (Å²) in [5.41, 5.74) is 0.00254. The molecule has 23 heavy (non-hydrogen) atoms. The van der Waals surface area contributed by atoms with Gasteiger partial charge in [-0.25, -0.2) is 0 Å². The van der Waals surface area contributed by atoms with Gasteiger partial charge in [-0.05, 0) is 51.9 Å². The van der Waals surface area contributed by atoms with E-state index in [-0.39, 0.29) is 17.6 Å². The van der Waals surface area contributed by atoms with Crippen molar-refractivity contribution in [2.24, 2.45) is 0 Å². The summed E-state index contributed by atoms with van der Waals surface area (Å²) < 4.78 is 11.2. The zero-order valence-electron chi connectivity index (χ0n) is 14.0. The van der Waals surface area contributed by atoms with Gasteiger partial charge in [0.2, 0.25) is 0 Å². The average Bonchev–Trinajstić information content (AvgIpc) is 3.24. The predicted molar refractivity (Wildman–Crippen MR) is 91.1 cm³/mol. The molecule has 0 aromatic carbocycles. The van der Waals surface area contributed by atoms with Crippen LogP contribution in [0.5, 0.6) is 0 Å². The largest absolute Gasteiger partial charge is 0.381 e. The highest BCUT2D eigenvalue weighted by Crippen LogP contribution is 2.33. The molecule has 0 bridgehead atoms. The number of hydrogen-bond donors (Lipinski definition) is 1. The second-order valence-electron chi connectivity index (χ2n) is 6.62. The van der Waals surface area contributed by atoms with Crippen molar-refractivity contribution in [3.63, 3.8) is 0 Å². The lowest BCUT2D eigenvalue weighted by Gasteiger charge is -2.42. The van der Waals surface area contributed by atoms with Gasteiger partial charge in [0.05, 0.1) is 11.0 Å². The fourth-order valence-corrected chi connectivity index (χ4v) is 4.32. The van der Waals surface area contributed by atoms with E-state index < -0.39 is 0 Å². The maximum Gasteiger partial charge on any atom is 0.261 e. The Morgan fingerprint density at radius 3 is 2.78 bits per heavy atom. The highest BCUT2D eigenvalue weighted by molar-refractivity contribution is 7.14. The number of nitrogens with zero attached hydrogens (tertiary/aromatic N) is 1. The Kier molecular flexibility index (Phi) is 5.36. The third-order valence-electron chi connectivity index (χ3n) is 5.05. The third kappa shape index (κ3) is 3.76. The summed E-state index contributed by atoms with van der Waals surface area (Å²) in [6.45, 7) is 3.01. The van der Waals surface area contributed by atoms with E-state index in [1.54, 1.807) is 11.3 Å². The van der Waals surface area contributed by atoms with Gasteiger partial charge in [-0.3, -0.25) is 4.79 Å². The molecule has 0 spiro atoms. The molecule has 6 heteroatoms. The Labute approximate surface area is 142 Å². The summed E-state index contributed by atoms with van der Waals surface area (Å²) in [6.07, 6.45) is 4.26. The van der Waals surface area contributed by atoms with Gasteiger partial charge in [0.15, 0.2) is 0 Å². The minimum atomic E-state index is 0.00254. The van der Waals surface area contributed by atoms with E-state index in [4.69, 9.17) is 9.47 Å². The number of carbonyl (C=O) groups excluding carboxylic acids is 1. The van der Waals surface area contributed by atoms with Crippen molar-refractivity contribution >= 4 is 17.2 Å². The van der Waals surface area contributed by atoms with Crippen molar-refractivity contribution in [2.75, 3.05) is 40.5 Å². The third-order valence-corrected chi connectivity index (χ3v) is 6.22. The molecule has 0 aliphatic carbocycles. The maximum atomic E-state index is 12.5. The highest BCUT2D eigenvalue weighted by atomic mass is 32.1. The minimum absolute atomic E-state index is 0.00254. The van der Waals surface area contributed by atoms with E-state index >= 15 is 0 Å². The predicted octanol–water partition coefficient (Wildman–Crippen LogP) is 2.44. The minimum Gasteiger partial charge on any atom is -0.381 e. The zero-order chi connectivity index (χ0) is 16.3. The van der Waals surface area contributed by atoms with Gasteiger partial charge in [-0.1, -0.05) is 0 Å². The van der Waals surface area contributed by atoms with E-state index in [2.05, 4.69) is 24.3 Å². The van der Waals surface area contributed by atoms with Crippen molar-refractivity contribution in [3.05, 3.63) is 21.9 Å². The molecule has 3 rings (SSSR count). The van der Waals surface area contributed by atoms with Crippen molar-refractivity contribution in [2.45, 2.75) is 37.3 Å². The van der Waals surface area contributed by atoms with Crippen LogP contribution in [0.15, 0.2) is 12.1 Å². The van der Waals surface area contributed by atoms with Gasteiger partial charge >= 0.3 is 0 Å². The Morgan fingerprint density at radius 2 is 2.13 bits per heavy atom. The quantitative estimate of drug-likeness (QED) is 0.896. The van der Waals surface area contributed by atoms with Gasteiger partial charge in [-0.2, -0.15) is 0 Å². The van der Waals surface area contributed by atoms with E-state index in [1.165, 1.54) is 4.88 Å². The van der Waals surface area contributed by atoms with E-state index in [9.17, 15) is 4.79 Å². The van der Waals surface area contributed by atoms with Crippen LogP contribution >= 0.6 is 11.3 Å². The van der Waals surface area contributed by atoms with Gasteiger partial charge in [0, 0.05) is 36.8 Å². The van der Waals surface area contributed by atoms with Gasteiger partial charge < -0.3 is 19.7 Å². The van der Waals surface area contributed by atoms with E-state index in [0.29, 0.717) is 6.54 Å². The summed E-state index contributed by atoms with van der Waals surface area (Å²) in [5, 5.41) is 3.13. The van der Waals surface area contributed by atoms with Crippen LogP contribution in [0.4, 0.5) is 0 Å². The first-order valence-electron chi connectivity index (χ1n) is 8.35. The van der Waals surface area contributed by atoms with Gasteiger partial charge in [0.25, 0.3) is 5.91 Å². The number of thiophene rings is 1.